The molecular weight excluding hydrogens is 297 g/mol. The summed E-state index contributed by atoms with van der Waals surface area (Å²) in [4.78, 5) is 12.6. The van der Waals surface area contributed by atoms with Gasteiger partial charge in [-0.2, -0.15) is 15.0 Å². The number of benzene rings is 1. The van der Waals surface area contributed by atoms with Gasteiger partial charge in [0, 0.05) is 11.5 Å². The van der Waals surface area contributed by atoms with E-state index in [0.717, 1.165) is 0 Å². The van der Waals surface area contributed by atoms with Crippen molar-refractivity contribution in [2.75, 3.05) is 17.7 Å². The zero-order chi connectivity index (χ0) is 17.0. The number of rotatable bonds is 5. The van der Waals surface area contributed by atoms with Gasteiger partial charge in [-0.25, -0.2) is 4.39 Å². The van der Waals surface area contributed by atoms with E-state index >= 15 is 0 Å². The molecule has 3 N–H and O–H groups in total. The number of hydrogen-bond donors (Lipinski definition) is 2. The maximum absolute atomic E-state index is 13.1. The van der Waals surface area contributed by atoms with Gasteiger partial charge in [-0.1, -0.05) is 26.8 Å². The summed E-state index contributed by atoms with van der Waals surface area (Å²) >= 11 is 0. The minimum Gasteiger partial charge on any atom is -0.491 e. The van der Waals surface area contributed by atoms with Crippen molar-refractivity contribution in [2.24, 2.45) is 0 Å². The zero-order valence-electron chi connectivity index (χ0n) is 13.8. The molecule has 2 rings (SSSR count). The van der Waals surface area contributed by atoms with Crippen LogP contribution >= 0.6 is 0 Å². The van der Waals surface area contributed by atoms with Crippen LogP contribution in [0, 0.1) is 5.82 Å². The number of anilines is 2. The second-order valence-electron chi connectivity index (χ2n) is 6.40. The molecule has 1 atom stereocenters. The van der Waals surface area contributed by atoms with Crippen molar-refractivity contribution in [3.63, 3.8) is 0 Å². The predicted octanol–water partition coefficient (Wildman–Crippen LogP) is 2.77. The smallest absolute Gasteiger partial charge is 0.228 e. The molecule has 1 aromatic carbocycles. The highest BCUT2D eigenvalue weighted by Gasteiger charge is 2.19. The van der Waals surface area contributed by atoms with Crippen molar-refractivity contribution < 1.29 is 9.13 Å². The summed E-state index contributed by atoms with van der Waals surface area (Å²) in [5.41, 5.74) is 5.51. The van der Waals surface area contributed by atoms with Crippen LogP contribution < -0.4 is 15.8 Å². The molecule has 124 valence electrons. The Morgan fingerprint density at radius 3 is 2.65 bits per heavy atom. The average molecular weight is 319 g/mol. The largest absolute Gasteiger partial charge is 0.491 e. The van der Waals surface area contributed by atoms with Crippen LogP contribution in [0.3, 0.4) is 0 Å². The molecule has 1 heterocycles. The molecule has 0 saturated carbocycles. The predicted molar refractivity (Wildman–Crippen MR) is 87.9 cm³/mol. The van der Waals surface area contributed by atoms with E-state index in [1.807, 2.05) is 27.7 Å². The second kappa shape index (κ2) is 6.76. The van der Waals surface area contributed by atoms with Gasteiger partial charge in [-0.3, -0.25) is 0 Å². The topological polar surface area (TPSA) is 86.0 Å². The van der Waals surface area contributed by atoms with Crippen molar-refractivity contribution in [3.05, 3.63) is 35.9 Å². The number of aromatic nitrogens is 3. The first-order valence-corrected chi connectivity index (χ1v) is 7.41. The molecule has 1 unspecified atom stereocenters. The Hall–Kier alpha value is -2.44. The first-order valence-electron chi connectivity index (χ1n) is 7.41. The van der Waals surface area contributed by atoms with E-state index in [-0.39, 0.29) is 23.2 Å². The molecule has 0 radical (unpaired) electrons. The Kier molecular flexibility index (Phi) is 4.98. The molecule has 0 aliphatic rings. The molecule has 23 heavy (non-hydrogen) atoms. The van der Waals surface area contributed by atoms with Gasteiger partial charge in [-0.05, 0) is 19.1 Å². The molecule has 7 heteroatoms. The van der Waals surface area contributed by atoms with Crippen LogP contribution in [-0.2, 0) is 5.41 Å². The van der Waals surface area contributed by atoms with Crippen molar-refractivity contribution in [2.45, 2.75) is 39.2 Å². The molecule has 0 fully saturated rings. The number of nitrogens with two attached hydrogens (primary N) is 1. The highest BCUT2D eigenvalue weighted by molar-refractivity contribution is 5.33. The lowest BCUT2D eigenvalue weighted by atomic mass is 9.96. The molecule has 2 aromatic rings. The van der Waals surface area contributed by atoms with E-state index < -0.39 is 0 Å². The Morgan fingerprint density at radius 2 is 2.00 bits per heavy atom. The van der Waals surface area contributed by atoms with Gasteiger partial charge < -0.3 is 15.8 Å². The molecule has 6 nitrogen and oxygen atoms in total. The number of nitrogen functional groups attached to an aromatic ring is 1. The fourth-order valence-electron chi connectivity index (χ4n) is 1.83. The fourth-order valence-corrected chi connectivity index (χ4v) is 1.83. The van der Waals surface area contributed by atoms with E-state index in [1.54, 1.807) is 12.1 Å². The number of ether oxygens (including phenoxy) is 1. The van der Waals surface area contributed by atoms with Gasteiger partial charge in [-0.15, -0.1) is 0 Å². The summed E-state index contributed by atoms with van der Waals surface area (Å²) in [6.07, 6.45) is 0. The Bertz CT molecular complexity index is 672. The Labute approximate surface area is 135 Å². The monoisotopic (exact) mass is 319 g/mol. The quantitative estimate of drug-likeness (QED) is 0.881. The summed E-state index contributed by atoms with van der Waals surface area (Å²) in [5, 5.41) is 3.12. The molecule has 0 bridgehead atoms. The maximum atomic E-state index is 13.1. The van der Waals surface area contributed by atoms with Crippen molar-refractivity contribution in [1.29, 1.82) is 0 Å². The van der Waals surface area contributed by atoms with Gasteiger partial charge in [0.25, 0.3) is 0 Å². The summed E-state index contributed by atoms with van der Waals surface area (Å²) in [6, 6.07) is 5.92. The standard InChI is InChI=1S/C16H22FN5O/c1-10(9-23-12-7-5-6-11(17)8-12)19-15-21-13(16(2,3)4)20-14(18)22-15/h5-8,10H,9H2,1-4H3,(H3,18,19,20,21,22). The third kappa shape index (κ3) is 5.05. The zero-order valence-corrected chi connectivity index (χ0v) is 13.8. The van der Waals surface area contributed by atoms with Crippen LogP contribution in [0.2, 0.25) is 0 Å². The fraction of sp³-hybridized carbons (Fsp3) is 0.438. The van der Waals surface area contributed by atoms with E-state index in [0.29, 0.717) is 24.1 Å². The first-order chi connectivity index (χ1) is 10.7. The summed E-state index contributed by atoms with van der Waals surface area (Å²) < 4.78 is 18.6. The van der Waals surface area contributed by atoms with Gasteiger partial charge in [0.05, 0.1) is 6.04 Å². The van der Waals surface area contributed by atoms with E-state index in [1.165, 1.54) is 12.1 Å². The van der Waals surface area contributed by atoms with Gasteiger partial charge in [0.1, 0.15) is 24.0 Å². The average Bonchev–Trinajstić information content (AvgIpc) is 2.44. The first kappa shape index (κ1) is 16.9. The normalized spacial score (nSPS) is 12.7. The summed E-state index contributed by atoms with van der Waals surface area (Å²) in [5.74, 6) is 1.33. The second-order valence-corrected chi connectivity index (χ2v) is 6.40. The molecule has 0 aliphatic carbocycles. The van der Waals surface area contributed by atoms with Crippen LogP contribution in [0.25, 0.3) is 0 Å². The van der Waals surface area contributed by atoms with E-state index in [2.05, 4.69) is 20.3 Å². The molecule has 0 amide bonds. The van der Waals surface area contributed by atoms with Crippen molar-refractivity contribution in [3.8, 4) is 5.75 Å². The number of halogens is 1. The third-order valence-electron chi connectivity index (χ3n) is 3.00. The molecule has 0 spiro atoms. The van der Waals surface area contributed by atoms with Gasteiger partial charge in [0.2, 0.25) is 11.9 Å². The molecule has 0 saturated heterocycles. The van der Waals surface area contributed by atoms with E-state index in [4.69, 9.17) is 10.5 Å². The lowest BCUT2D eigenvalue weighted by Gasteiger charge is -2.19. The number of hydrogen-bond acceptors (Lipinski definition) is 6. The molecule has 0 aliphatic heterocycles. The minimum absolute atomic E-state index is 0.0899. The Balaban J connectivity index is 2.00. The van der Waals surface area contributed by atoms with E-state index in [9.17, 15) is 4.39 Å². The van der Waals surface area contributed by atoms with Crippen LogP contribution in [0.4, 0.5) is 16.3 Å². The minimum atomic E-state index is -0.330. The third-order valence-corrected chi connectivity index (χ3v) is 3.00. The molecular formula is C16H22FN5O. The lowest BCUT2D eigenvalue weighted by Crippen LogP contribution is -2.26. The Morgan fingerprint density at radius 1 is 1.26 bits per heavy atom. The number of nitrogens with zero attached hydrogens (tertiary/aromatic N) is 3. The van der Waals surface area contributed by atoms with Crippen LogP contribution in [0.15, 0.2) is 24.3 Å². The highest BCUT2D eigenvalue weighted by Crippen LogP contribution is 2.20. The van der Waals surface area contributed by atoms with Gasteiger partial charge >= 0.3 is 0 Å². The summed E-state index contributed by atoms with van der Waals surface area (Å²) in [6.45, 7) is 8.25. The molecule has 1 aromatic heterocycles. The van der Waals surface area contributed by atoms with Crippen molar-refractivity contribution >= 4 is 11.9 Å². The van der Waals surface area contributed by atoms with Crippen LogP contribution in [-0.4, -0.2) is 27.6 Å². The number of nitrogens with one attached hydrogen (secondary N) is 1. The SMILES string of the molecule is CC(COc1cccc(F)c1)Nc1nc(N)nc(C(C)(C)C)n1. The maximum Gasteiger partial charge on any atom is 0.228 e. The van der Waals surface area contributed by atoms with Gasteiger partial charge in [0.15, 0.2) is 0 Å². The van der Waals surface area contributed by atoms with Crippen molar-refractivity contribution in [1.82, 2.24) is 15.0 Å². The lowest BCUT2D eigenvalue weighted by molar-refractivity contribution is 0.302. The summed E-state index contributed by atoms with van der Waals surface area (Å²) in [7, 11) is 0. The van der Waals surface area contributed by atoms with Crippen LogP contribution in [0.1, 0.15) is 33.5 Å². The highest BCUT2D eigenvalue weighted by atomic mass is 19.1. The van der Waals surface area contributed by atoms with Crippen LogP contribution in [0.5, 0.6) is 5.75 Å².